The molecule has 1 amide bonds. The quantitative estimate of drug-likeness (QED) is 0.323. The fourth-order valence-electron chi connectivity index (χ4n) is 4.23. The third-order valence-corrected chi connectivity index (χ3v) is 6.22. The van der Waals surface area contributed by atoms with Crippen molar-refractivity contribution in [2.75, 3.05) is 5.32 Å². The van der Waals surface area contributed by atoms with Crippen molar-refractivity contribution in [2.45, 2.75) is 37.5 Å². The van der Waals surface area contributed by atoms with Crippen molar-refractivity contribution < 1.29 is 18.0 Å². The average molecular weight is 505 g/mol. The highest BCUT2D eigenvalue weighted by Gasteiger charge is 2.36. The van der Waals surface area contributed by atoms with E-state index in [1.54, 1.807) is 18.2 Å². The number of imidazole rings is 1. The molecule has 0 radical (unpaired) electrons. The number of halogens is 4. The van der Waals surface area contributed by atoms with Crippen LogP contribution in [0.1, 0.15) is 35.3 Å². The predicted molar refractivity (Wildman–Crippen MR) is 123 cm³/mol. The monoisotopic (exact) mass is 504 g/mol. The third-order valence-electron chi connectivity index (χ3n) is 5.91. The van der Waals surface area contributed by atoms with Crippen LogP contribution in [0.15, 0.2) is 43.0 Å². The highest BCUT2D eigenvalue weighted by molar-refractivity contribution is 6.34. The molecule has 1 aliphatic rings. The Morgan fingerprint density at radius 2 is 2.06 bits per heavy atom. The molecular formula is C22H20ClF3N8O. The van der Waals surface area contributed by atoms with E-state index in [2.05, 4.69) is 25.7 Å². The van der Waals surface area contributed by atoms with Crippen LogP contribution in [0.5, 0.6) is 0 Å². The SMILES string of the molecule is NC1CCC(NC(=O)c2ccc(Nc3nccn4c(-c5cn[nH]c5C(F)(F)F)cnc34)cc2Cl)C1. The summed E-state index contributed by atoms with van der Waals surface area (Å²) in [7, 11) is 0. The Hall–Kier alpha value is -3.64. The molecule has 13 heteroatoms. The van der Waals surface area contributed by atoms with E-state index < -0.39 is 11.9 Å². The number of aromatic amines is 1. The van der Waals surface area contributed by atoms with E-state index in [0.29, 0.717) is 22.7 Å². The molecule has 182 valence electrons. The molecule has 0 spiro atoms. The van der Waals surface area contributed by atoms with Gasteiger partial charge in [0.15, 0.2) is 11.5 Å². The summed E-state index contributed by atoms with van der Waals surface area (Å²) < 4.78 is 41.5. The van der Waals surface area contributed by atoms with Gasteiger partial charge in [0.05, 0.1) is 34.2 Å². The largest absolute Gasteiger partial charge is 0.433 e. The molecule has 3 heterocycles. The second-order valence-electron chi connectivity index (χ2n) is 8.33. The fourth-order valence-corrected chi connectivity index (χ4v) is 4.49. The molecule has 1 aromatic carbocycles. The molecule has 2 atom stereocenters. The summed E-state index contributed by atoms with van der Waals surface area (Å²) in [4.78, 5) is 21.1. The lowest BCUT2D eigenvalue weighted by Crippen LogP contribution is -2.34. The highest BCUT2D eigenvalue weighted by Crippen LogP contribution is 2.36. The first-order valence-electron chi connectivity index (χ1n) is 10.8. The van der Waals surface area contributed by atoms with Crippen molar-refractivity contribution in [3.63, 3.8) is 0 Å². The Morgan fingerprint density at radius 3 is 2.77 bits per heavy atom. The summed E-state index contributed by atoms with van der Waals surface area (Å²) >= 11 is 6.37. The van der Waals surface area contributed by atoms with Crippen molar-refractivity contribution in [1.82, 2.24) is 29.9 Å². The number of nitrogens with zero attached hydrogens (tertiary/aromatic N) is 4. The summed E-state index contributed by atoms with van der Waals surface area (Å²) in [6.45, 7) is 0. The lowest BCUT2D eigenvalue weighted by molar-refractivity contribution is -0.140. The number of hydrogen-bond donors (Lipinski definition) is 4. The minimum absolute atomic E-state index is 0.0240. The standard InChI is InChI=1S/C22H20ClF3N8O/c23-16-8-13(3-4-14(16)21(35)32-12-2-1-11(27)7-12)31-19-20-29-10-17(34(20)6-5-28-19)15-9-30-33-18(15)22(24,25)26/h3-6,8-12H,1-2,7,27H2,(H,28,31)(H,30,33)(H,32,35). The van der Waals surface area contributed by atoms with Gasteiger partial charge in [-0.25, -0.2) is 9.97 Å². The molecule has 5 N–H and O–H groups in total. The zero-order chi connectivity index (χ0) is 24.7. The van der Waals surface area contributed by atoms with E-state index >= 15 is 0 Å². The molecule has 4 aromatic rings. The van der Waals surface area contributed by atoms with Crippen molar-refractivity contribution in [2.24, 2.45) is 5.73 Å². The van der Waals surface area contributed by atoms with Crippen molar-refractivity contribution >= 4 is 34.7 Å². The van der Waals surface area contributed by atoms with Gasteiger partial charge < -0.3 is 16.4 Å². The third kappa shape index (κ3) is 4.54. The number of amides is 1. The zero-order valence-corrected chi connectivity index (χ0v) is 18.9. The molecule has 35 heavy (non-hydrogen) atoms. The van der Waals surface area contributed by atoms with Gasteiger partial charge in [-0.05, 0) is 37.5 Å². The zero-order valence-electron chi connectivity index (χ0n) is 18.1. The number of nitrogens with two attached hydrogens (primary N) is 1. The van der Waals surface area contributed by atoms with Crippen molar-refractivity contribution in [3.8, 4) is 11.3 Å². The summed E-state index contributed by atoms with van der Waals surface area (Å²) in [6, 6.07) is 4.94. The smallest absolute Gasteiger partial charge is 0.349 e. The molecule has 1 saturated carbocycles. The number of carbonyl (C=O) groups is 1. The van der Waals surface area contributed by atoms with Crippen LogP contribution in [0.3, 0.4) is 0 Å². The Morgan fingerprint density at radius 1 is 1.23 bits per heavy atom. The lowest BCUT2D eigenvalue weighted by atomic mass is 10.1. The molecule has 3 aromatic heterocycles. The maximum atomic E-state index is 13.3. The van der Waals surface area contributed by atoms with Gasteiger partial charge in [-0.1, -0.05) is 11.6 Å². The van der Waals surface area contributed by atoms with Gasteiger partial charge in [-0.15, -0.1) is 0 Å². The minimum atomic E-state index is -4.60. The molecule has 9 nitrogen and oxygen atoms in total. The van der Waals surface area contributed by atoms with Gasteiger partial charge in [0.1, 0.15) is 5.69 Å². The van der Waals surface area contributed by atoms with E-state index in [0.717, 1.165) is 25.5 Å². The first-order chi connectivity index (χ1) is 16.7. The second-order valence-corrected chi connectivity index (χ2v) is 8.74. The molecule has 0 aliphatic heterocycles. The van der Waals surface area contributed by atoms with Gasteiger partial charge in [-0.3, -0.25) is 14.3 Å². The van der Waals surface area contributed by atoms with Gasteiger partial charge >= 0.3 is 6.18 Å². The Bertz CT molecular complexity index is 1400. The number of hydrogen-bond acceptors (Lipinski definition) is 6. The maximum Gasteiger partial charge on any atom is 0.433 e. The summed E-state index contributed by atoms with van der Waals surface area (Å²) in [5.74, 6) is 0.0170. The number of fused-ring (bicyclic) bond motifs is 1. The lowest BCUT2D eigenvalue weighted by Gasteiger charge is -2.14. The number of alkyl halides is 3. The van der Waals surface area contributed by atoms with Crippen LogP contribution in [0.4, 0.5) is 24.7 Å². The topological polar surface area (TPSA) is 126 Å². The first kappa shape index (κ1) is 23.1. The van der Waals surface area contributed by atoms with E-state index in [-0.39, 0.29) is 34.3 Å². The number of benzene rings is 1. The summed E-state index contributed by atoms with van der Waals surface area (Å²) in [5.41, 5.74) is 6.15. The minimum Gasteiger partial charge on any atom is -0.349 e. The number of H-pyrrole nitrogens is 1. The van der Waals surface area contributed by atoms with Crippen molar-refractivity contribution in [3.05, 3.63) is 59.3 Å². The normalized spacial score (nSPS) is 18.2. The van der Waals surface area contributed by atoms with Crippen LogP contribution in [-0.4, -0.2) is 42.6 Å². The maximum absolute atomic E-state index is 13.3. The van der Waals surface area contributed by atoms with E-state index in [9.17, 15) is 18.0 Å². The summed E-state index contributed by atoms with van der Waals surface area (Å²) in [5, 5.41) is 11.8. The average Bonchev–Trinajstić information content (AvgIpc) is 3.53. The van der Waals surface area contributed by atoms with Gasteiger partial charge in [0.2, 0.25) is 0 Å². The number of carbonyl (C=O) groups excluding carboxylic acids is 1. The van der Waals surface area contributed by atoms with Crippen LogP contribution in [0.2, 0.25) is 5.02 Å². The number of anilines is 2. The van der Waals surface area contributed by atoms with E-state index in [1.165, 1.54) is 23.0 Å². The Labute approximate surface area is 201 Å². The van der Waals surface area contributed by atoms with E-state index in [1.807, 2.05) is 5.10 Å². The second kappa shape index (κ2) is 8.86. The predicted octanol–water partition coefficient (Wildman–Crippen LogP) is 4.14. The van der Waals surface area contributed by atoms with E-state index in [4.69, 9.17) is 17.3 Å². The van der Waals surface area contributed by atoms with Crippen LogP contribution in [0.25, 0.3) is 16.9 Å². The molecule has 0 saturated heterocycles. The summed E-state index contributed by atoms with van der Waals surface area (Å²) in [6.07, 6.45) is 3.19. The van der Waals surface area contributed by atoms with Gasteiger partial charge in [0.25, 0.3) is 5.91 Å². The van der Waals surface area contributed by atoms with Gasteiger partial charge in [0, 0.05) is 30.2 Å². The molecule has 0 bridgehead atoms. The molecule has 2 unspecified atom stereocenters. The number of nitrogens with one attached hydrogen (secondary N) is 3. The molecule has 1 aliphatic carbocycles. The number of aromatic nitrogens is 5. The van der Waals surface area contributed by atoms with Crippen LogP contribution < -0.4 is 16.4 Å². The molecule has 1 fully saturated rings. The van der Waals surface area contributed by atoms with Crippen LogP contribution >= 0.6 is 11.6 Å². The first-order valence-corrected chi connectivity index (χ1v) is 11.1. The number of rotatable bonds is 5. The van der Waals surface area contributed by atoms with Gasteiger partial charge in [-0.2, -0.15) is 18.3 Å². The molecular weight excluding hydrogens is 485 g/mol. The Kier molecular flexibility index (Phi) is 5.85. The van der Waals surface area contributed by atoms with Crippen molar-refractivity contribution in [1.29, 1.82) is 0 Å². The molecule has 5 rings (SSSR count). The Balaban J connectivity index is 1.39. The van der Waals surface area contributed by atoms with Crippen LogP contribution in [-0.2, 0) is 6.18 Å². The highest BCUT2D eigenvalue weighted by atomic mass is 35.5. The fraction of sp³-hybridized carbons (Fsp3) is 0.273. The van der Waals surface area contributed by atoms with Crippen LogP contribution in [0, 0.1) is 0 Å².